The first kappa shape index (κ1) is 23.3. The van der Waals surface area contributed by atoms with E-state index >= 15 is 0 Å². The van der Waals surface area contributed by atoms with Crippen LogP contribution in [0.4, 0.5) is 5.69 Å². The van der Waals surface area contributed by atoms with Gasteiger partial charge in [-0.1, -0.05) is 55.4 Å². The van der Waals surface area contributed by atoms with Gasteiger partial charge >= 0.3 is 5.69 Å². The first-order chi connectivity index (χ1) is 15.3. The number of thioether (sulfide) groups is 1. The molecule has 168 valence electrons. The van der Waals surface area contributed by atoms with Crippen LogP contribution in [0.1, 0.15) is 42.3 Å². The summed E-state index contributed by atoms with van der Waals surface area (Å²) in [4.78, 5) is 11.3. The van der Waals surface area contributed by atoms with Crippen molar-refractivity contribution in [2.45, 2.75) is 38.5 Å². The average molecular weight is 456 g/mol. The van der Waals surface area contributed by atoms with E-state index in [4.69, 9.17) is 9.47 Å². The molecule has 0 fully saturated rings. The van der Waals surface area contributed by atoms with Gasteiger partial charge in [-0.25, -0.2) is 0 Å². The van der Waals surface area contributed by atoms with Crippen LogP contribution < -0.4 is 9.47 Å². The number of nitro benzene ring substituents is 1. The summed E-state index contributed by atoms with van der Waals surface area (Å²) in [5.74, 6) is 1.14. The van der Waals surface area contributed by atoms with Gasteiger partial charge in [0.05, 0.1) is 18.2 Å². The number of nitrogens with zero attached hydrogens (tertiary/aromatic N) is 5. The van der Waals surface area contributed by atoms with Gasteiger partial charge in [-0.3, -0.25) is 10.1 Å². The lowest BCUT2D eigenvalue weighted by Gasteiger charge is -2.12. The van der Waals surface area contributed by atoms with Gasteiger partial charge < -0.3 is 9.47 Å². The second-order valence-electron chi connectivity index (χ2n) is 7.36. The molecule has 32 heavy (non-hydrogen) atoms. The highest BCUT2D eigenvalue weighted by Crippen LogP contribution is 2.38. The molecule has 0 saturated carbocycles. The number of nitro groups is 1. The number of hydrogen-bond acceptors (Lipinski definition) is 8. The molecule has 3 rings (SSSR count). The van der Waals surface area contributed by atoms with Crippen molar-refractivity contribution in [3.05, 3.63) is 69.0 Å². The summed E-state index contributed by atoms with van der Waals surface area (Å²) in [7, 11) is 1.45. The van der Waals surface area contributed by atoms with E-state index in [0.29, 0.717) is 16.5 Å². The zero-order chi connectivity index (χ0) is 23.3. The Morgan fingerprint density at radius 2 is 1.97 bits per heavy atom. The van der Waals surface area contributed by atoms with Crippen molar-refractivity contribution < 1.29 is 14.4 Å². The van der Waals surface area contributed by atoms with Gasteiger partial charge in [0, 0.05) is 17.5 Å². The van der Waals surface area contributed by atoms with Crippen molar-refractivity contribution in [1.29, 1.82) is 0 Å². The summed E-state index contributed by atoms with van der Waals surface area (Å²) >= 11 is 1.41. The van der Waals surface area contributed by atoms with Crippen LogP contribution in [-0.4, -0.2) is 39.4 Å². The smallest absolute Gasteiger partial charge is 0.315 e. The van der Waals surface area contributed by atoms with E-state index in [-0.39, 0.29) is 29.7 Å². The number of aryl methyl sites for hydroxylation is 1. The van der Waals surface area contributed by atoms with Crippen molar-refractivity contribution in [1.82, 2.24) is 14.9 Å². The van der Waals surface area contributed by atoms with Crippen molar-refractivity contribution in [2.24, 2.45) is 5.10 Å². The Labute approximate surface area is 190 Å². The van der Waals surface area contributed by atoms with Gasteiger partial charge in [0.25, 0.3) is 0 Å². The molecule has 0 amide bonds. The fraction of sp³-hybridized carbons (Fsp3) is 0.318. The maximum Gasteiger partial charge on any atom is 0.315 e. The lowest BCUT2D eigenvalue weighted by Crippen LogP contribution is -2.04. The van der Waals surface area contributed by atoms with Crippen LogP contribution in [0.3, 0.4) is 0 Å². The zero-order valence-electron chi connectivity index (χ0n) is 18.6. The molecule has 9 nitrogen and oxygen atoms in total. The lowest BCUT2D eigenvalue weighted by molar-refractivity contribution is -0.386. The summed E-state index contributed by atoms with van der Waals surface area (Å²) < 4.78 is 12.8. The molecule has 2 aromatic carbocycles. The molecule has 0 atom stereocenters. The summed E-state index contributed by atoms with van der Waals surface area (Å²) in [5.41, 5.74) is 2.32. The first-order valence-corrected chi connectivity index (χ1v) is 11.1. The summed E-state index contributed by atoms with van der Waals surface area (Å²) in [6.07, 6.45) is 3.41. The Balaban J connectivity index is 1.95. The molecule has 0 unspecified atom stereocenters. The van der Waals surface area contributed by atoms with Gasteiger partial charge in [-0.15, -0.1) is 10.2 Å². The van der Waals surface area contributed by atoms with Crippen LogP contribution in [0, 0.1) is 17.0 Å². The van der Waals surface area contributed by atoms with E-state index in [0.717, 1.165) is 11.1 Å². The standard InChI is InChI=1S/C22H25N5O4S/c1-14(2)21-24-25-22(32-5)26(21)23-12-17-10-18(27(28)29)20(19(11-17)30-4)31-13-16-8-6-15(3)7-9-16/h6-12,14H,13H2,1-5H3/b23-12-. The van der Waals surface area contributed by atoms with Crippen molar-refractivity contribution >= 4 is 23.7 Å². The molecule has 1 heterocycles. The third-order valence-electron chi connectivity index (χ3n) is 4.64. The summed E-state index contributed by atoms with van der Waals surface area (Å²) in [6, 6.07) is 10.8. The van der Waals surface area contributed by atoms with E-state index in [9.17, 15) is 10.1 Å². The third-order valence-corrected chi connectivity index (χ3v) is 5.26. The largest absolute Gasteiger partial charge is 0.493 e. The Hall–Kier alpha value is -3.40. The second kappa shape index (κ2) is 10.3. The van der Waals surface area contributed by atoms with E-state index in [2.05, 4.69) is 15.3 Å². The normalized spacial score (nSPS) is 11.3. The van der Waals surface area contributed by atoms with Crippen molar-refractivity contribution in [2.75, 3.05) is 13.4 Å². The van der Waals surface area contributed by atoms with Crippen LogP contribution in [0.5, 0.6) is 11.5 Å². The highest BCUT2D eigenvalue weighted by Gasteiger charge is 2.22. The van der Waals surface area contributed by atoms with Gasteiger partial charge in [0.2, 0.25) is 10.9 Å². The topological polar surface area (TPSA) is 105 Å². The van der Waals surface area contributed by atoms with Crippen LogP contribution >= 0.6 is 11.8 Å². The minimum Gasteiger partial charge on any atom is -0.493 e. The Morgan fingerprint density at radius 3 is 2.56 bits per heavy atom. The van der Waals surface area contributed by atoms with Gasteiger partial charge in [0.15, 0.2) is 11.6 Å². The molecular weight excluding hydrogens is 430 g/mol. The number of methoxy groups -OCH3 is 1. The molecule has 0 N–H and O–H groups in total. The third kappa shape index (κ3) is 5.25. The van der Waals surface area contributed by atoms with E-state index < -0.39 is 4.92 Å². The number of hydrogen-bond donors (Lipinski definition) is 0. The van der Waals surface area contributed by atoms with Gasteiger partial charge in [-0.2, -0.15) is 9.78 Å². The highest BCUT2D eigenvalue weighted by molar-refractivity contribution is 7.98. The lowest BCUT2D eigenvalue weighted by atomic mass is 10.1. The van der Waals surface area contributed by atoms with Crippen LogP contribution in [0.15, 0.2) is 46.7 Å². The quantitative estimate of drug-likeness (QED) is 0.197. The highest BCUT2D eigenvalue weighted by atomic mass is 32.2. The summed E-state index contributed by atoms with van der Waals surface area (Å²) in [5, 5.41) is 25.2. The van der Waals surface area contributed by atoms with Crippen LogP contribution in [0.2, 0.25) is 0 Å². The van der Waals surface area contributed by atoms with E-state index in [1.165, 1.54) is 31.2 Å². The molecule has 10 heteroatoms. The summed E-state index contributed by atoms with van der Waals surface area (Å²) in [6.45, 7) is 6.16. The molecule has 0 spiro atoms. The zero-order valence-corrected chi connectivity index (χ0v) is 19.4. The Bertz CT molecular complexity index is 1130. The minimum absolute atomic E-state index is 0.0761. The molecule has 1 aromatic heterocycles. The molecule has 0 radical (unpaired) electrons. The molecule has 0 saturated heterocycles. The monoisotopic (exact) mass is 455 g/mol. The van der Waals surface area contributed by atoms with E-state index in [1.807, 2.05) is 51.3 Å². The number of rotatable bonds is 9. The Morgan fingerprint density at radius 1 is 1.25 bits per heavy atom. The molecule has 0 aliphatic rings. The molecule has 0 aliphatic carbocycles. The van der Waals surface area contributed by atoms with Gasteiger partial charge in [-0.05, 0) is 24.8 Å². The predicted octanol–water partition coefficient (Wildman–Crippen LogP) is 4.81. The molecule has 3 aromatic rings. The maximum absolute atomic E-state index is 11.8. The maximum atomic E-state index is 11.8. The van der Waals surface area contributed by atoms with Gasteiger partial charge in [0.1, 0.15) is 6.61 Å². The number of aromatic nitrogens is 3. The minimum atomic E-state index is -0.490. The van der Waals surface area contributed by atoms with Crippen molar-refractivity contribution in [3.8, 4) is 11.5 Å². The van der Waals surface area contributed by atoms with E-state index in [1.54, 1.807) is 10.7 Å². The Kier molecular flexibility index (Phi) is 7.47. The van der Waals surface area contributed by atoms with Crippen molar-refractivity contribution in [3.63, 3.8) is 0 Å². The fourth-order valence-electron chi connectivity index (χ4n) is 2.95. The molecular formula is C22H25N5O4S. The first-order valence-electron chi connectivity index (χ1n) is 9.92. The molecule has 0 bridgehead atoms. The number of ether oxygens (including phenoxy) is 2. The number of benzene rings is 2. The van der Waals surface area contributed by atoms with Crippen LogP contribution in [-0.2, 0) is 6.61 Å². The molecule has 0 aliphatic heterocycles. The predicted molar refractivity (Wildman–Crippen MR) is 124 cm³/mol. The SMILES string of the molecule is COc1cc(/C=N\n2c(SC)nnc2C(C)C)cc([N+](=O)[O-])c1OCc1ccc(C)cc1. The fourth-order valence-corrected chi connectivity index (χ4v) is 3.39. The van der Waals surface area contributed by atoms with Crippen LogP contribution in [0.25, 0.3) is 0 Å². The average Bonchev–Trinajstić information content (AvgIpc) is 3.20. The second-order valence-corrected chi connectivity index (χ2v) is 8.13.